The summed E-state index contributed by atoms with van der Waals surface area (Å²) in [6.45, 7) is 3.46. The monoisotopic (exact) mass is 543 g/mol. The summed E-state index contributed by atoms with van der Waals surface area (Å²) in [5, 5.41) is 30.6. The average molecular weight is 544 g/mol. The molecule has 39 heavy (non-hydrogen) atoms. The van der Waals surface area contributed by atoms with Crippen LogP contribution in [0.5, 0.6) is 17.2 Å². The number of nitrogens with one attached hydrogen (secondary N) is 3. The van der Waals surface area contributed by atoms with E-state index in [1.165, 1.54) is 32.6 Å². The zero-order valence-corrected chi connectivity index (χ0v) is 21.7. The van der Waals surface area contributed by atoms with E-state index in [0.717, 1.165) is 0 Å². The number of amides is 2. The summed E-state index contributed by atoms with van der Waals surface area (Å²) in [5.41, 5.74) is 3.84. The minimum absolute atomic E-state index is 0.116. The number of allylic oxidation sites excluding steroid dienone is 1. The van der Waals surface area contributed by atoms with E-state index in [1.54, 1.807) is 38.1 Å². The van der Waals surface area contributed by atoms with Gasteiger partial charge in [-0.15, -0.1) is 0 Å². The molecule has 0 bridgehead atoms. The van der Waals surface area contributed by atoms with Crippen LogP contribution in [0.1, 0.15) is 31.0 Å². The number of nitro benzene ring substituents is 1. The molecule has 2 amide bonds. The van der Waals surface area contributed by atoms with Gasteiger partial charge in [-0.3, -0.25) is 15.5 Å². The molecule has 1 heterocycles. The highest BCUT2D eigenvalue weighted by molar-refractivity contribution is 5.95. The zero-order valence-electron chi connectivity index (χ0n) is 21.7. The third-order valence-corrected chi connectivity index (χ3v) is 5.51. The maximum Gasteiger partial charge on any atom is 0.337 e. The van der Waals surface area contributed by atoms with Crippen molar-refractivity contribution >= 4 is 23.9 Å². The molecule has 0 aromatic heterocycles. The number of carbonyl (C=O) groups excluding carboxylic acids is 2. The fourth-order valence-corrected chi connectivity index (χ4v) is 3.75. The fraction of sp³-hybridized carbons (Fsp3) is 0.320. The number of aliphatic hydroxyl groups excluding tert-OH is 1. The summed E-state index contributed by atoms with van der Waals surface area (Å²) in [4.78, 5) is 35.0. The fourth-order valence-electron chi connectivity index (χ4n) is 3.75. The van der Waals surface area contributed by atoms with Crippen LogP contribution in [0.3, 0.4) is 0 Å². The predicted molar refractivity (Wildman–Crippen MR) is 139 cm³/mol. The van der Waals surface area contributed by atoms with Gasteiger partial charge in [-0.2, -0.15) is 5.10 Å². The van der Waals surface area contributed by atoms with Gasteiger partial charge in [-0.25, -0.2) is 9.59 Å². The highest BCUT2D eigenvalue weighted by Crippen LogP contribution is 2.35. The molecular weight excluding hydrogens is 514 g/mol. The molecule has 4 N–H and O–H groups in total. The Hall–Kier alpha value is -4.85. The normalized spacial score (nSPS) is 15.7. The molecule has 2 atom stereocenters. The smallest absolute Gasteiger partial charge is 0.337 e. The van der Waals surface area contributed by atoms with Crippen LogP contribution in [0, 0.1) is 10.1 Å². The van der Waals surface area contributed by atoms with Gasteiger partial charge in [0.05, 0.1) is 43.6 Å². The Morgan fingerprint density at radius 2 is 1.95 bits per heavy atom. The summed E-state index contributed by atoms with van der Waals surface area (Å²) in [5.74, 6) is 0.148. The van der Waals surface area contributed by atoms with E-state index in [0.29, 0.717) is 34.9 Å². The molecule has 2 aromatic carbocycles. The predicted octanol–water partition coefficient (Wildman–Crippen LogP) is 2.12. The van der Waals surface area contributed by atoms with Crippen LogP contribution in [0.25, 0.3) is 0 Å². The van der Waals surface area contributed by atoms with E-state index in [2.05, 4.69) is 21.2 Å². The van der Waals surface area contributed by atoms with Gasteiger partial charge in [0, 0.05) is 17.3 Å². The number of hydrazone groups is 1. The lowest BCUT2D eigenvalue weighted by atomic mass is 9.95. The molecular formula is C25H29N5O9. The number of hydrogen-bond donors (Lipinski definition) is 4. The topological polar surface area (TPSA) is 183 Å². The quantitative estimate of drug-likeness (QED) is 0.102. The molecule has 0 unspecified atom stereocenters. The van der Waals surface area contributed by atoms with Crippen molar-refractivity contribution in [2.24, 2.45) is 5.10 Å². The number of aliphatic hydroxyl groups is 1. The summed E-state index contributed by atoms with van der Waals surface area (Å²) in [6, 6.07) is 7.92. The van der Waals surface area contributed by atoms with E-state index >= 15 is 0 Å². The van der Waals surface area contributed by atoms with Crippen LogP contribution in [0.2, 0.25) is 0 Å². The van der Waals surface area contributed by atoms with Crippen LogP contribution in [-0.4, -0.2) is 61.9 Å². The van der Waals surface area contributed by atoms with Gasteiger partial charge in [0.15, 0.2) is 23.5 Å². The van der Waals surface area contributed by atoms with Crippen LogP contribution in [0.15, 0.2) is 52.8 Å². The Morgan fingerprint density at radius 3 is 2.62 bits per heavy atom. The lowest BCUT2D eigenvalue weighted by molar-refractivity contribution is -0.385. The molecule has 208 valence electrons. The number of esters is 1. The van der Waals surface area contributed by atoms with Crippen molar-refractivity contribution in [1.82, 2.24) is 16.1 Å². The Bertz CT molecular complexity index is 1290. The molecule has 0 saturated carbocycles. The highest BCUT2D eigenvalue weighted by Gasteiger charge is 2.32. The van der Waals surface area contributed by atoms with E-state index in [-0.39, 0.29) is 23.6 Å². The largest absolute Gasteiger partial charge is 0.490 e. The van der Waals surface area contributed by atoms with E-state index < -0.39 is 29.2 Å². The van der Waals surface area contributed by atoms with Gasteiger partial charge in [0.25, 0.3) is 0 Å². The summed E-state index contributed by atoms with van der Waals surface area (Å²) >= 11 is 0. The van der Waals surface area contributed by atoms with Crippen molar-refractivity contribution in [3.8, 4) is 17.2 Å². The molecule has 14 heteroatoms. The average Bonchev–Trinajstić information content (AvgIpc) is 2.91. The van der Waals surface area contributed by atoms with Crippen LogP contribution >= 0.6 is 0 Å². The molecule has 0 saturated heterocycles. The first kappa shape index (κ1) is 28.7. The molecule has 2 aromatic rings. The van der Waals surface area contributed by atoms with Crippen LogP contribution in [0.4, 0.5) is 10.5 Å². The van der Waals surface area contributed by atoms with Crippen molar-refractivity contribution in [2.45, 2.75) is 26.1 Å². The van der Waals surface area contributed by atoms with Gasteiger partial charge in [-0.1, -0.05) is 6.07 Å². The number of ether oxygens (including phenoxy) is 4. The molecule has 0 radical (unpaired) electrons. The van der Waals surface area contributed by atoms with E-state index in [9.17, 15) is 24.8 Å². The van der Waals surface area contributed by atoms with Crippen molar-refractivity contribution in [3.63, 3.8) is 0 Å². The van der Waals surface area contributed by atoms with Gasteiger partial charge in [0.1, 0.15) is 6.61 Å². The number of nitrogens with zero attached hydrogens (tertiary/aromatic N) is 2. The third kappa shape index (κ3) is 7.13. The number of benzene rings is 2. The summed E-state index contributed by atoms with van der Waals surface area (Å²) < 4.78 is 21.2. The van der Waals surface area contributed by atoms with Crippen molar-refractivity contribution in [2.75, 3.05) is 27.4 Å². The van der Waals surface area contributed by atoms with Crippen LogP contribution < -0.4 is 30.3 Å². The van der Waals surface area contributed by atoms with Gasteiger partial charge < -0.3 is 34.7 Å². The Morgan fingerprint density at radius 1 is 1.21 bits per heavy atom. The first-order chi connectivity index (χ1) is 18.7. The number of carbonyl (C=O) groups is 2. The molecule has 0 aliphatic carbocycles. The molecule has 3 rings (SSSR count). The lowest BCUT2D eigenvalue weighted by Gasteiger charge is -2.28. The molecule has 0 fully saturated rings. The summed E-state index contributed by atoms with van der Waals surface area (Å²) in [6.07, 6.45) is 0.0708. The van der Waals surface area contributed by atoms with Crippen LogP contribution in [-0.2, 0) is 9.53 Å². The number of hydrogen-bond acceptors (Lipinski definition) is 11. The van der Waals surface area contributed by atoms with E-state index in [4.69, 9.17) is 18.9 Å². The summed E-state index contributed by atoms with van der Waals surface area (Å²) in [7, 11) is 2.59. The number of methoxy groups -OCH3 is 2. The first-order valence-corrected chi connectivity index (χ1v) is 11.7. The minimum atomic E-state index is -1.23. The maximum atomic E-state index is 12.4. The number of nitro groups is 1. The molecule has 0 spiro atoms. The maximum absolute atomic E-state index is 12.4. The second-order valence-corrected chi connectivity index (χ2v) is 8.10. The molecule has 14 nitrogen and oxygen atoms in total. The standard InChI is InChI=1S/C25H29N5O9/c1-5-38-20-11-16(23-22(24(32)37-4)14(2)27-25(33)28-23)7-9-19(20)39-13-21(31)29-26-12-15-6-8-18(36-3)17(10-15)30(34)35/h6-12,21,23,29,31H,5,13H2,1-4H3,(H2,27,28,33)/b26-12-/t21-,23+/m1/s1. The number of urea groups is 1. The van der Waals surface area contributed by atoms with Crippen molar-refractivity contribution in [3.05, 3.63) is 68.9 Å². The zero-order chi connectivity index (χ0) is 28.5. The minimum Gasteiger partial charge on any atom is -0.490 e. The first-order valence-electron chi connectivity index (χ1n) is 11.7. The Balaban J connectivity index is 1.70. The third-order valence-electron chi connectivity index (χ3n) is 5.51. The van der Waals surface area contributed by atoms with Crippen molar-refractivity contribution in [1.29, 1.82) is 0 Å². The second kappa shape index (κ2) is 13.1. The SMILES string of the molecule is CCOc1cc([C@@H]2NC(=O)NC(C)=C2C(=O)OC)ccc1OC[C@@H](O)N/N=C\c1ccc(OC)c([N+](=O)[O-])c1. The second-order valence-electron chi connectivity index (χ2n) is 8.10. The lowest BCUT2D eigenvalue weighted by Crippen LogP contribution is -2.45. The van der Waals surface area contributed by atoms with Gasteiger partial charge >= 0.3 is 17.7 Å². The van der Waals surface area contributed by atoms with E-state index in [1.807, 2.05) is 0 Å². The number of rotatable bonds is 12. The highest BCUT2D eigenvalue weighted by atomic mass is 16.6. The van der Waals surface area contributed by atoms with Gasteiger partial charge in [0.2, 0.25) is 0 Å². The van der Waals surface area contributed by atoms with Crippen molar-refractivity contribution < 1.29 is 38.6 Å². The molecule has 1 aliphatic rings. The van der Waals surface area contributed by atoms with Gasteiger partial charge in [-0.05, 0) is 43.7 Å². The Kier molecular flexibility index (Phi) is 9.64. The molecule has 1 aliphatic heterocycles. The Labute approximate surface area is 223 Å².